The van der Waals surface area contributed by atoms with E-state index in [4.69, 9.17) is 9.84 Å². The van der Waals surface area contributed by atoms with Crippen LogP contribution in [0, 0.1) is 11.6 Å². The summed E-state index contributed by atoms with van der Waals surface area (Å²) in [6, 6.07) is 1.73. The Balaban J connectivity index is 1.97. The van der Waals surface area contributed by atoms with Crippen molar-refractivity contribution in [3.63, 3.8) is 0 Å². The number of anilines is 1. The molecule has 1 N–H and O–H groups in total. The van der Waals surface area contributed by atoms with Crippen LogP contribution in [0.3, 0.4) is 0 Å². The molecule has 2 atom stereocenters. The number of rotatable bonds is 2. The number of halogens is 2. The van der Waals surface area contributed by atoms with Crippen molar-refractivity contribution in [3.8, 4) is 0 Å². The summed E-state index contributed by atoms with van der Waals surface area (Å²) in [7, 11) is 0. The van der Waals surface area contributed by atoms with Gasteiger partial charge in [-0.25, -0.2) is 13.6 Å². The minimum atomic E-state index is -1.34. The summed E-state index contributed by atoms with van der Waals surface area (Å²) in [6.07, 6.45) is 3.82. The van der Waals surface area contributed by atoms with Gasteiger partial charge in [0.15, 0.2) is 0 Å². The Morgan fingerprint density at radius 3 is 2.57 bits per heavy atom. The van der Waals surface area contributed by atoms with Crippen LogP contribution >= 0.6 is 0 Å². The molecule has 0 radical (unpaired) electrons. The number of benzene rings is 1. The third-order valence-electron chi connectivity index (χ3n) is 4.28. The van der Waals surface area contributed by atoms with Crippen LogP contribution in [0.25, 0.3) is 0 Å². The van der Waals surface area contributed by atoms with E-state index in [0.29, 0.717) is 13.2 Å². The molecule has 4 nitrogen and oxygen atoms in total. The predicted molar refractivity (Wildman–Crippen MR) is 72.7 cm³/mol. The molecule has 1 saturated carbocycles. The monoisotopic (exact) mass is 297 g/mol. The molecular formula is C15H17F2NO3. The Morgan fingerprint density at radius 2 is 1.90 bits per heavy atom. The van der Waals surface area contributed by atoms with E-state index in [9.17, 15) is 13.6 Å². The molecule has 1 aliphatic carbocycles. The highest BCUT2D eigenvalue weighted by Crippen LogP contribution is 2.35. The second kappa shape index (κ2) is 5.60. The average molecular weight is 297 g/mol. The number of aromatic carboxylic acids is 1. The van der Waals surface area contributed by atoms with Crippen LogP contribution in [0.4, 0.5) is 14.5 Å². The summed E-state index contributed by atoms with van der Waals surface area (Å²) in [6.45, 7) is 0.849. The van der Waals surface area contributed by atoms with E-state index < -0.39 is 17.6 Å². The van der Waals surface area contributed by atoms with Crippen LogP contribution in [0.15, 0.2) is 12.1 Å². The van der Waals surface area contributed by atoms with Gasteiger partial charge in [-0.3, -0.25) is 0 Å². The Kier molecular flexibility index (Phi) is 3.80. The fourth-order valence-electron chi connectivity index (χ4n) is 3.34. The number of carbonyl (C=O) groups is 1. The smallest absolute Gasteiger partial charge is 0.335 e. The molecule has 6 heteroatoms. The van der Waals surface area contributed by atoms with Gasteiger partial charge >= 0.3 is 5.97 Å². The highest BCUT2D eigenvalue weighted by molar-refractivity contribution is 5.88. The summed E-state index contributed by atoms with van der Waals surface area (Å²) < 4.78 is 34.2. The molecule has 1 aromatic rings. The molecule has 0 bridgehead atoms. The van der Waals surface area contributed by atoms with E-state index in [1.165, 1.54) is 0 Å². The summed E-state index contributed by atoms with van der Waals surface area (Å²) in [5.41, 5.74) is -0.498. The first-order valence-electron chi connectivity index (χ1n) is 7.18. The minimum Gasteiger partial charge on any atom is -0.478 e. The molecule has 2 aliphatic rings. The van der Waals surface area contributed by atoms with Gasteiger partial charge in [-0.15, -0.1) is 0 Å². The van der Waals surface area contributed by atoms with Gasteiger partial charge in [-0.1, -0.05) is 12.8 Å². The van der Waals surface area contributed by atoms with Crippen LogP contribution in [0.2, 0.25) is 0 Å². The van der Waals surface area contributed by atoms with Crippen LogP contribution in [0.5, 0.6) is 0 Å². The molecule has 2 fully saturated rings. The highest BCUT2D eigenvalue weighted by atomic mass is 19.1. The summed E-state index contributed by atoms with van der Waals surface area (Å²) in [5.74, 6) is -2.98. The van der Waals surface area contributed by atoms with Crippen molar-refractivity contribution in [2.75, 3.05) is 18.1 Å². The fourth-order valence-corrected chi connectivity index (χ4v) is 3.34. The second-order valence-electron chi connectivity index (χ2n) is 5.55. The number of carboxylic acids is 1. The Hall–Kier alpha value is -1.69. The maximum Gasteiger partial charge on any atom is 0.335 e. The summed E-state index contributed by atoms with van der Waals surface area (Å²) in [5, 5.41) is 8.86. The maximum atomic E-state index is 14.2. The highest BCUT2D eigenvalue weighted by Gasteiger charge is 2.36. The Labute approximate surface area is 121 Å². The topological polar surface area (TPSA) is 49.8 Å². The van der Waals surface area contributed by atoms with E-state index in [1.807, 2.05) is 0 Å². The van der Waals surface area contributed by atoms with Gasteiger partial charge < -0.3 is 14.7 Å². The SMILES string of the molecule is O=C(O)c1cc(F)c(N2CCOC3CCCCC32)c(F)c1. The van der Waals surface area contributed by atoms with Gasteiger partial charge in [-0.2, -0.15) is 0 Å². The van der Waals surface area contributed by atoms with E-state index in [1.54, 1.807) is 4.90 Å². The van der Waals surface area contributed by atoms with Crippen molar-refractivity contribution in [2.24, 2.45) is 0 Å². The van der Waals surface area contributed by atoms with Crippen molar-refractivity contribution in [3.05, 3.63) is 29.3 Å². The molecule has 1 saturated heterocycles. The average Bonchev–Trinajstić information content (AvgIpc) is 2.46. The first-order valence-corrected chi connectivity index (χ1v) is 7.18. The minimum absolute atomic E-state index is 0.00505. The molecule has 0 aromatic heterocycles. The lowest BCUT2D eigenvalue weighted by Gasteiger charge is -2.45. The molecule has 1 heterocycles. The van der Waals surface area contributed by atoms with Gasteiger partial charge in [0.1, 0.15) is 17.3 Å². The zero-order chi connectivity index (χ0) is 15.0. The lowest BCUT2D eigenvalue weighted by molar-refractivity contribution is -0.00916. The maximum absolute atomic E-state index is 14.2. The van der Waals surface area contributed by atoms with Crippen LogP contribution in [-0.2, 0) is 4.74 Å². The number of hydrogen-bond acceptors (Lipinski definition) is 3. The van der Waals surface area contributed by atoms with Crippen molar-refractivity contribution in [2.45, 2.75) is 37.8 Å². The number of nitrogens with zero attached hydrogens (tertiary/aromatic N) is 1. The second-order valence-corrected chi connectivity index (χ2v) is 5.55. The van der Waals surface area contributed by atoms with E-state index in [-0.39, 0.29) is 23.4 Å². The van der Waals surface area contributed by atoms with Crippen molar-refractivity contribution in [1.82, 2.24) is 0 Å². The molecule has 3 rings (SSSR count). The van der Waals surface area contributed by atoms with Gasteiger partial charge in [0, 0.05) is 6.54 Å². The summed E-state index contributed by atoms with van der Waals surface area (Å²) >= 11 is 0. The van der Waals surface area contributed by atoms with Gasteiger partial charge in [0.05, 0.1) is 24.3 Å². The van der Waals surface area contributed by atoms with Crippen LogP contribution in [0.1, 0.15) is 36.0 Å². The number of morpholine rings is 1. The van der Waals surface area contributed by atoms with E-state index in [2.05, 4.69) is 0 Å². The van der Waals surface area contributed by atoms with Gasteiger partial charge in [-0.05, 0) is 25.0 Å². The molecule has 114 valence electrons. The van der Waals surface area contributed by atoms with Crippen LogP contribution in [-0.4, -0.2) is 36.4 Å². The first-order chi connectivity index (χ1) is 10.1. The Bertz CT molecular complexity index is 539. The summed E-state index contributed by atoms with van der Waals surface area (Å²) in [4.78, 5) is 12.6. The van der Waals surface area contributed by atoms with Crippen molar-refractivity contribution >= 4 is 11.7 Å². The normalized spacial score (nSPS) is 25.5. The first kappa shape index (κ1) is 14.3. The van der Waals surface area contributed by atoms with E-state index >= 15 is 0 Å². The van der Waals surface area contributed by atoms with Gasteiger partial charge in [0.2, 0.25) is 0 Å². The van der Waals surface area contributed by atoms with Crippen molar-refractivity contribution in [1.29, 1.82) is 0 Å². The number of ether oxygens (including phenoxy) is 1. The number of fused-ring (bicyclic) bond motifs is 1. The zero-order valence-electron chi connectivity index (χ0n) is 11.5. The quantitative estimate of drug-likeness (QED) is 0.912. The molecule has 1 aliphatic heterocycles. The van der Waals surface area contributed by atoms with Crippen molar-refractivity contribution < 1.29 is 23.4 Å². The molecule has 0 amide bonds. The largest absolute Gasteiger partial charge is 0.478 e. The molecule has 1 aromatic carbocycles. The third kappa shape index (κ3) is 2.60. The lowest BCUT2D eigenvalue weighted by Crippen LogP contribution is -2.53. The molecule has 0 spiro atoms. The lowest BCUT2D eigenvalue weighted by atomic mass is 9.89. The molecule has 21 heavy (non-hydrogen) atoms. The zero-order valence-corrected chi connectivity index (χ0v) is 11.5. The number of hydrogen-bond donors (Lipinski definition) is 1. The standard InChI is InChI=1S/C15H17F2NO3/c16-10-7-9(15(19)20)8-11(17)14(10)18-5-6-21-13-4-2-1-3-12(13)18/h7-8,12-13H,1-6H2,(H,19,20). The van der Waals surface area contributed by atoms with Gasteiger partial charge in [0.25, 0.3) is 0 Å². The van der Waals surface area contributed by atoms with Crippen LogP contribution < -0.4 is 4.90 Å². The fraction of sp³-hybridized carbons (Fsp3) is 0.533. The molecular weight excluding hydrogens is 280 g/mol. The Morgan fingerprint density at radius 1 is 1.24 bits per heavy atom. The van der Waals surface area contributed by atoms with E-state index in [0.717, 1.165) is 37.8 Å². The number of carboxylic acid groups (broad SMARTS) is 1. The predicted octanol–water partition coefficient (Wildman–Crippen LogP) is 2.81. The molecule has 2 unspecified atom stereocenters. The third-order valence-corrected chi connectivity index (χ3v) is 4.28.